The number of carbonyl (C=O) groups excluding carboxylic acids is 1. The molecule has 7 nitrogen and oxygen atoms in total. The molecule has 0 unspecified atom stereocenters. The number of nitrogens with zero attached hydrogens (tertiary/aromatic N) is 5. The molecular weight excluding hydrogens is 436 g/mol. The molecule has 35 heavy (non-hydrogen) atoms. The number of nitrogens with two attached hydrogens (primary N) is 1. The minimum absolute atomic E-state index is 0.148. The fourth-order valence-electron chi connectivity index (χ4n) is 5.58. The molecule has 2 aromatic carbocycles. The van der Waals surface area contributed by atoms with Gasteiger partial charge >= 0.3 is 0 Å². The predicted octanol–water partition coefficient (Wildman–Crippen LogP) is 4.76. The Hall–Kier alpha value is -4.15. The molecule has 7 heteroatoms. The normalized spacial score (nSPS) is 19.5. The van der Waals surface area contributed by atoms with Crippen molar-refractivity contribution in [1.29, 1.82) is 0 Å². The number of anilines is 1. The number of imidazole rings is 1. The van der Waals surface area contributed by atoms with Crippen molar-refractivity contribution in [3.8, 4) is 28.3 Å². The molecule has 0 bridgehead atoms. The lowest BCUT2D eigenvalue weighted by Crippen LogP contribution is -2.34. The third-order valence-corrected chi connectivity index (χ3v) is 7.84. The summed E-state index contributed by atoms with van der Waals surface area (Å²) < 4.78 is 4.34. The number of amides is 1. The third kappa shape index (κ3) is 3.14. The van der Waals surface area contributed by atoms with Crippen LogP contribution in [0.15, 0.2) is 67.1 Å². The molecule has 3 aliphatic rings. The Balaban J connectivity index is 1.28. The van der Waals surface area contributed by atoms with Gasteiger partial charge in [-0.2, -0.15) is 0 Å². The van der Waals surface area contributed by atoms with Crippen molar-refractivity contribution in [2.75, 3.05) is 11.4 Å². The van der Waals surface area contributed by atoms with E-state index < -0.39 is 0 Å². The first-order chi connectivity index (χ1) is 17.0. The number of benzene rings is 2. The van der Waals surface area contributed by atoms with E-state index in [-0.39, 0.29) is 17.4 Å². The smallest absolute Gasteiger partial charge is 0.227 e. The molecule has 172 valence electrons. The van der Waals surface area contributed by atoms with Crippen molar-refractivity contribution in [3.05, 3.63) is 84.1 Å². The zero-order valence-electron chi connectivity index (χ0n) is 19.2. The maximum atomic E-state index is 12.9. The van der Waals surface area contributed by atoms with E-state index in [1.807, 2.05) is 47.6 Å². The molecule has 4 aromatic rings. The van der Waals surface area contributed by atoms with Gasteiger partial charge in [-0.25, -0.2) is 9.83 Å². The van der Waals surface area contributed by atoms with Gasteiger partial charge in [0.15, 0.2) is 11.5 Å². The minimum atomic E-state index is -0.148. The lowest BCUT2D eigenvalue weighted by molar-refractivity contribution is -0.117. The van der Waals surface area contributed by atoms with Gasteiger partial charge in [0.2, 0.25) is 5.91 Å². The van der Waals surface area contributed by atoms with Gasteiger partial charge < -0.3 is 15.2 Å². The van der Waals surface area contributed by atoms with Crippen LogP contribution in [0.3, 0.4) is 0 Å². The van der Waals surface area contributed by atoms with E-state index in [0.29, 0.717) is 25.2 Å². The highest BCUT2D eigenvalue weighted by Gasteiger charge is 2.50. The summed E-state index contributed by atoms with van der Waals surface area (Å²) in [6.45, 7) is 8.57. The van der Waals surface area contributed by atoms with E-state index in [0.717, 1.165) is 52.4 Å². The van der Waals surface area contributed by atoms with Crippen molar-refractivity contribution in [3.63, 3.8) is 0 Å². The van der Waals surface area contributed by atoms with Crippen LogP contribution >= 0.6 is 0 Å². The molecule has 1 saturated carbocycles. The number of carbonyl (C=O) groups is 1. The molecule has 2 aromatic heterocycles. The molecule has 1 aliphatic carbocycles. The highest BCUT2D eigenvalue weighted by molar-refractivity contribution is 5.96. The second-order valence-corrected chi connectivity index (χ2v) is 9.97. The van der Waals surface area contributed by atoms with Crippen LogP contribution in [0.2, 0.25) is 0 Å². The van der Waals surface area contributed by atoms with Gasteiger partial charge in [0.25, 0.3) is 0 Å². The maximum Gasteiger partial charge on any atom is 0.227 e. The average Bonchev–Trinajstić information content (AvgIpc) is 3.21. The van der Waals surface area contributed by atoms with Crippen LogP contribution in [0.1, 0.15) is 24.8 Å². The van der Waals surface area contributed by atoms with Crippen molar-refractivity contribution >= 4 is 17.3 Å². The lowest BCUT2D eigenvalue weighted by Gasteiger charge is -2.21. The molecule has 1 atom stereocenters. The first kappa shape index (κ1) is 20.2. The van der Waals surface area contributed by atoms with Crippen LogP contribution in [0.25, 0.3) is 33.2 Å². The average molecular weight is 461 g/mol. The van der Waals surface area contributed by atoms with Gasteiger partial charge in [0.05, 0.1) is 18.0 Å². The number of aromatic nitrogens is 3. The summed E-state index contributed by atoms with van der Waals surface area (Å²) in [5, 5.41) is 0. The fraction of sp³-hybridized carbons (Fsp3) is 0.250. The molecule has 0 spiro atoms. The summed E-state index contributed by atoms with van der Waals surface area (Å²) in [7, 11) is 0. The number of hydrogen-bond donors (Lipinski definition) is 1. The number of fused-ring (bicyclic) bond motifs is 5. The van der Waals surface area contributed by atoms with Crippen molar-refractivity contribution in [2.45, 2.75) is 31.3 Å². The lowest BCUT2D eigenvalue weighted by atomic mass is 9.97. The van der Waals surface area contributed by atoms with Crippen LogP contribution in [0.5, 0.6) is 0 Å². The molecule has 7 rings (SSSR count). The van der Waals surface area contributed by atoms with E-state index >= 15 is 0 Å². The Bertz CT molecular complexity index is 1530. The highest BCUT2D eigenvalue weighted by Crippen LogP contribution is 2.45. The first-order valence-corrected chi connectivity index (χ1v) is 12.0. The summed E-state index contributed by atoms with van der Waals surface area (Å²) in [4.78, 5) is 23.0. The topological polar surface area (TPSA) is 73.4 Å². The molecule has 0 radical (unpaired) electrons. The Morgan fingerprint density at radius 2 is 1.91 bits per heavy atom. The Morgan fingerprint density at radius 1 is 1.09 bits per heavy atom. The zero-order chi connectivity index (χ0) is 23.7. The summed E-state index contributed by atoms with van der Waals surface area (Å²) in [5.41, 5.74) is 13.3. The monoisotopic (exact) mass is 460 g/mol. The second-order valence-electron chi connectivity index (χ2n) is 9.97. The van der Waals surface area contributed by atoms with Crippen LogP contribution in [-0.4, -0.2) is 32.1 Å². The van der Waals surface area contributed by atoms with Gasteiger partial charge in [0.1, 0.15) is 0 Å². The summed E-state index contributed by atoms with van der Waals surface area (Å²) >= 11 is 0. The van der Waals surface area contributed by atoms with E-state index in [9.17, 15) is 4.79 Å². The molecule has 2 aliphatic heterocycles. The van der Waals surface area contributed by atoms with Crippen LogP contribution < -0.4 is 10.6 Å². The van der Waals surface area contributed by atoms with Gasteiger partial charge in [-0.15, -0.1) is 0 Å². The van der Waals surface area contributed by atoms with Crippen LogP contribution in [0.4, 0.5) is 11.4 Å². The van der Waals surface area contributed by atoms with Gasteiger partial charge in [-0.3, -0.25) is 9.36 Å². The number of hydrogen-bond acceptors (Lipinski definition) is 3. The van der Waals surface area contributed by atoms with Gasteiger partial charge in [0, 0.05) is 60.8 Å². The fourth-order valence-corrected chi connectivity index (χ4v) is 5.58. The van der Waals surface area contributed by atoms with Crippen molar-refractivity contribution in [2.24, 2.45) is 11.7 Å². The molecular formula is C28H24N6O. The summed E-state index contributed by atoms with van der Waals surface area (Å²) in [5.74, 6) is 1.29. The molecule has 4 heterocycles. The Labute approximate surface area is 203 Å². The second kappa shape index (κ2) is 7.17. The Kier molecular flexibility index (Phi) is 4.15. The summed E-state index contributed by atoms with van der Waals surface area (Å²) in [6, 6.07) is 16.1. The van der Waals surface area contributed by atoms with E-state index in [4.69, 9.17) is 12.3 Å². The molecule has 1 amide bonds. The van der Waals surface area contributed by atoms with Crippen molar-refractivity contribution < 1.29 is 4.79 Å². The van der Waals surface area contributed by atoms with Crippen LogP contribution in [0, 0.1) is 12.5 Å². The zero-order valence-corrected chi connectivity index (χ0v) is 19.2. The molecule has 2 N–H and O–H groups in total. The Morgan fingerprint density at radius 3 is 2.69 bits per heavy atom. The molecule has 1 saturated heterocycles. The highest BCUT2D eigenvalue weighted by atomic mass is 16.2. The van der Waals surface area contributed by atoms with Gasteiger partial charge in [-0.05, 0) is 48.2 Å². The largest absolute Gasteiger partial charge is 0.340 e. The molecule has 2 fully saturated rings. The van der Waals surface area contributed by atoms with E-state index in [2.05, 4.69) is 43.4 Å². The van der Waals surface area contributed by atoms with Gasteiger partial charge in [-0.1, -0.05) is 24.3 Å². The number of rotatable bonds is 3. The quantitative estimate of drug-likeness (QED) is 0.395. The van der Waals surface area contributed by atoms with Crippen molar-refractivity contribution in [1.82, 2.24) is 14.1 Å². The van der Waals surface area contributed by atoms with E-state index in [1.165, 1.54) is 0 Å². The van der Waals surface area contributed by atoms with E-state index in [1.54, 1.807) is 0 Å². The summed E-state index contributed by atoms with van der Waals surface area (Å²) in [6.07, 6.45) is 8.53. The third-order valence-electron chi connectivity index (χ3n) is 7.84. The SMILES string of the molecule is [C-]#[N+]c1ccc(-c2cc3n(c2)Cc2cc(N4C[C@@H](C5(N)CC5)CC4=O)ccc2-n2ccnc2-3)cc1. The minimum Gasteiger partial charge on any atom is -0.340 e. The van der Waals surface area contributed by atoms with Crippen LogP contribution in [-0.2, 0) is 11.3 Å². The maximum absolute atomic E-state index is 12.9. The first-order valence-electron chi connectivity index (χ1n) is 12.0. The standard InChI is InChI=1S/C28H24N6O/c1-30-22-4-2-18(3-5-22)19-13-25-27-31-10-11-33(27)24-7-6-23(12-20(24)16-32(25)15-19)34-17-21(14-26(34)35)28(29)8-9-28/h2-7,10-13,15,21H,8-9,14,16-17,29H2/t21-/m0/s1. The predicted molar refractivity (Wildman–Crippen MR) is 134 cm³/mol.